The molecule has 1 aromatic rings. The predicted molar refractivity (Wildman–Crippen MR) is 92.2 cm³/mol. The molecule has 24 heavy (non-hydrogen) atoms. The maximum absolute atomic E-state index is 12.2. The Hall–Kier alpha value is -2.08. The van der Waals surface area contributed by atoms with E-state index in [4.69, 9.17) is 11.6 Å². The molecule has 1 aliphatic rings. The van der Waals surface area contributed by atoms with Crippen molar-refractivity contribution in [2.75, 3.05) is 32.7 Å². The first-order chi connectivity index (χ1) is 11.5. The van der Waals surface area contributed by atoms with E-state index >= 15 is 0 Å². The Labute approximate surface area is 146 Å². The van der Waals surface area contributed by atoms with Crippen LogP contribution in [0.4, 0.5) is 4.79 Å². The Morgan fingerprint density at radius 3 is 2.17 bits per heavy atom. The fraction of sp³-hybridized carbons (Fsp3) is 0.471. The summed E-state index contributed by atoms with van der Waals surface area (Å²) in [7, 11) is 0. The van der Waals surface area contributed by atoms with Crippen LogP contribution in [0.5, 0.6) is 0 Å². The summed E-state index contributed by atoms with van der Waals surface area (Å²) in [4.78, 5) is 39.4. The lowest BCUT2D eigenvalue weighted by molar-refractivity contribution is -0.132. The molecule has 0 spiro atoms. The van der Waals surface area contributed by atoms with Crippen molar-refractivity contribution >= 4 is 29.3 Å². The van der Waals surface area contributed by atoms with E-state index in [1.165, 1.54) is 0 Å². The number of carbonyl (C=O) groups is 3. The van der Waals surface area contributed by atoms with Crippen LogP contribution in [0.2, 0.25) is 5.02 Å². The molecule has 1 saturated heterocycles. The molecule has 1 N–H and O–H groups in total. The molecule has 6 nitrogen and oxygen atoms in total. The SMILES string of the molecule is CCNC(=O)N1CCN(C(=O)CCC(=O)c2ccc(Cl)cc2)CC1. The van der Waals surface area contributed by atoms with E-state index in [9.17, 15) is 14.4 Å². The molecule has 1 aromatic carbocycles. The van der Waals surface area contributed by atoms with E-state index in [0.29, 0.717) is 43.3 Å². The molecule has 1 heterocycles. The van der Waals surface area contributed by atoms with Gasteiger partial charge in [-0.2, -0.15) is 0 Å². The fourth-order valence-corrected chi connectivity index (χ4v) is 2.71. The van der Waals surface area contributed by atoms with E-state index < -0.39 is 0 Å². The van der Waals surface area contributed by atoms with Gasteiger partial charge in [0, 0.05) is 56.2 Å². The van der Waals surface area contributed by atoms with Gasteiger partial charge in [0.1, 0.15) is 0 Å². The van der Waals surface area contributed by atoms with Crippen LogP contribution in [-0.2, 0) is 4.79 Å². The summed E-state index contributed by atoms with van der Waals surface area (Å²) >= 11 is 5.79. The van der Waals surface area contributed by atoms with Gasteiger partial charge in [0.2, 0.25) is 5.91 Å². The minimum atomic E-state index is -0.0949. The quantitative estimate of drug-likeness (QED) is 0.826. The smallest absolute Gasteiger partial charge is 0.317 e. The number of nitrogens with zero attached hydrogens (tertiary/aromatic N) is 2. The fourth-order valence-electron chi connectivity index (χ4n) is 2.58. The lowest BCUT2D eigenvalue weighted by Gasteiger charge is -2.34. The second kappa shape index (κ2) is 8.68. The topological polar surface area (TPSA) is 69.7 Å². The van der Waals surface area contributed by atoms with Gasteiger partial charge in [-0.3, -0.25) is 9.59 Å². The third-order valence-corrected chi connectivity index (χ3v) is 4.23. The number of ketones is 1. The van der Waals surface area contributed by atoms with Gasteiger partial charge in [-0.1, -0.05) is 11.6 Å². The van der Waals surface area contributed by atoms with Crippen LogP contribution >= 0.6 is 11.6 Å². The predicted octanol–water partition coefficient (Wildman–Crippen LogP) is 2.18. The molecule has 0 aliphatic carbocycles. The van der Waals surface area contributed by atoms with Crippen molar-refractivity contribution in [2.45, 2.75) is 19.8 Å². The Morgan fingerprint density at radius 2 is 1.58 bits per heavy atom. The van der Waals surface area contributed by atoms with E-state index in [1.807, 2.05) is 6.92 Å². The number of carbonyl (C=O) groups excluding carboxylic acids is 3. The van der Waals surface area contributed by atoms with Crippen LogP contribution in [0.25, 0.3) is 0 Å². The normalized spacial score (nSPS) is 14.4. The number of urea groups is 1. The highest BCUT2D eigenvalue weighted by molar-refractivity contribution is 6.30. The minimum absolute atomic E-state index is 0.0483. The van der Waals surface area contributed by atoms with Gasteiger partial charge in [-0.05, 0) is 31.2 Å². The van der Waals surface area contributed by atoms with E-state index in [0.717, 1.165) is 0 Å². The molecule has 130 valence electrons. The van der Waals surface area contributed by atoms with Crippen molar-refractivity contribution in [1.29, 1.82) is 0 Å². The molecule has 0 bridgehead atoms. The highest BCUT2D eigenvalue weighted by atomic mass is 35.5. The van der Waals surface area contributed by atoms with Crippen molar-refractivity contribution in [3.8, 4) is 0 Å². The Kier molecular flexibility index (Phi) is 6.61. The number of nitrogens with one attached hydrogen (secondary N) is 1. The number of halogens is 1. The number of benzene rings is 1. The van der Waals surface area contributed by atoms with Crippen molar-refractivity contribution in [2.24, 2.45) is 0 Å². The Balaban J connectivity index is 1.76. The highest BCUT2D eigenvalue weighted by Gasteiger charge is 2.24. The second-order valence-corrected chi connectivity index (χ2v) is 6.07. The zero-order valence-electron chi connectivity index (χ0n) is 13.8. The van der Waals surface area contributed by atoms with Gasteiger partial charge < -0.3 is 15.1 Å². The third-order valence-electron chi connectivity index (χ3n) is 3.98. The standard InChI is InChI=1S/C17H22ClN3O3/c1-2-19-17(24)21-11-9-20(10-12-21)16(23)8-7-15(22)13-3-5-14(18)6-4-13/h3-6H,2,7-12H2,1H3,(H,19,24). The van der Waals surface area contributed by atoms with Gasteiger partial charge in [0.15, 0.2) is 5.78 Å². The molecule has 2 rings (SSSR count). The number of amides is 3. The third kappa shape index (κ3) is 4.96. The van der Waals surface area contributed by atoms with Crippen LogP contribution in [0.3, 0.4) is 0 Å². The highest BCUT2D eigenvalue weighted by Crippen LogP contribution is 2.13. The van der Waals surface area contributed by atoms with E-state index in [2.05, 4.69) is 5.32 Å². The van der Waals surface area contributed by atoms with Gasteiger partial charge >= 0.3 is 6.03 Å². The largest absolute Gasteiger partial charge is 0.339 e. The number of rotatable bonds is 5. The second-order valence-electron chi connectivity index (χ2n) is 5.63. The summed E-state index contributed by atoms with van der Waals surface area (Å²) in [5.41, 5.74) is 0.563. The van der Waals surface area contributed by atoms with Crippen LogP contribution < -0.4 is 5.32 Å². The first-order valence-corrected chi connectivity index (χ1v) is 8.48. The lowest BCUT2D eigenvalue weighted by atomic mass is 10.1. The van der Waals surface area contributed by atoms with E-state index in [1.54, 1.807) is 34.1 Å². The molecule has 0 saturated carbocycles. The summed E-state index contributed by atoms with van der Waals surface area (Å²) in [5.74, 6) is -0.117. The van der Waals surface area contributed by atoms with Gasteiger partial charge in [-0.15, -0.1) is 0 Å². The Morgan fingerprint density at radius 1 is 1.00 bits per heavy atom. The number of hydrogen-bond acceptors (Lipinski definition) is 3. The van der Waals surface area contributed by atoms with E-state index in [-0.39, 0.29) is 30.6 Å². The van der Waals surface area contributed by atoms with Crippen molar-refractivity contribution in [3.05, 3.63) is 34.9 Å². The lowest BCUT2D eigenvalue weighted by Crippen LogP contribution is -2.53. The van der Waals surface area contributed by atoms with Crippen molar-refractivity contribution in [3.63, 3.8) is 0 Å². The molecule has 3 amide bonds. The van der Waals surface area contributed by atoms with Crippen LogP contribution in [0.1, 0.15) is 30.1 Å². The number of Topliss-reactive ketones (excluding diaryl/α,β-unsaturated/α-hetero) is 1. The molecule has 1 fully saturated rings. The van der Waals surface area contributed by atoms with Crippen LogP contribution in [0, 0.1) is 0 Å². The van der Waals surface area contributed by atoms with Crippen LogP contribution in [0.15, 0.2) is 24.3 Å². The van der Waals surface area contributed by atoms with Gasteiger partial charge in [0.25, 0.3) is 0 Å². The molecule has 7 heteroatoms. The average molecular weight is 352 g/mol. The molecule has 0 atom stereocenters. The first kappa shape index (κ1) is 18.3. The number of hydrogen-bond donors (Lipinski definition) is 1. The molecular weight excluding hydrogens is 330 g/mol. The monoisotopic (exact) mass is 351 g/mol. The average Bonchev–Trinajstić information content (AvgIpc) is 2.60. The zero-order chi connectivity index (χ0) is 17.5. The molecule has 1 aliphatic heterocycles. The van der Waals surface area contributed by atoms with Crippen molar-refractivity contribution in [1.82, 2.24) is 15.1 Å². The molecule has 0 radical (unpaired) electrons. The summed E-state index contributed by atoms with van der Waals surface area (Å²) in [6.45, 7) is 4.50. The number of piperazine rings is 1. The van der Waals surface area contributed by atoms with Crippen molar-refractivity contribution < 1.29 is 14.4 Å². The summed E-state index contributed by atoms with van der Waals surface area (Å²) in [5, 5.41) is 3.33. The van der Waals surface area contributed by atoms with Crippen LogP contribution in [-0.4, -0.2) is 60.2 Å². The minimum Gasteiger partial charge on any atom is -0.339 e. The zero-order valence-corrected chi connectivity index (χ0v) is 14.5. The summed E-state index contributed by atoms with van der Waals surface area (Å²) < 4.78 is 0. The summed E-state index contributed by atoms with van der Waals surface area (Å²) in [6, 6.07) is 6.57. The van der Waals surface area contributed by atoms with Gasteiger partial charge in [0.05, 0.1) is 0 Å². The molecule has 0 aromatic heterocycles. The Bertz CT molecular complexity index is 596. The van der Waals surface area contributed by atoms with Gasteiger partial charge in [-0.25, -0.2) is 4.79 Å². The molecule has 0 unspecified atom stereocenters. The maximum Gasteiger partial charge on any atom is 0.317 e. The molecular formula is C17H22ClN3O3. The summed E-state index contributed by atoms with van der Waals surface area (Å²) in [6.07, 6.45) is 0.361. The first-order valence-electron chi connectivity index (χ1n) is 8.10. The maximum atomic E-state index is 12.2.